The molecule has 1 rings (SSSR count). The number of hydrogen-bond donors (Lipinski definition) is 1. The molecule has 0 bridgehead atoms. The first kappa shape index (κ1) is 12.5. The van der Waals surface area contributed by atoms with E-state index in [2.05, 4.69) is 13.8 Å². The second-order valence-corrected chi connectivity index (χ2v) is 5.02. The van der Waals surface area contributed by atoms with E-state index in [9.17, 15) is 9.90 Å². The van der Waals surface area contributed by atoms with Crippen LogP contribution >= 0.6 is 0 Å². The van der Waals surface area contributed by atoms with Crippen molar-refractivity contribution in [2.75, 3.05) is 13.1 Å². The minimum Gasteiger partial charge on any atom is -0.393 e. The highest BCUT2D eigenvalue weighted by Crippen LogP contribution is 2.24. The summed E-state index contributed by atoms with van der Waals surface area (Å²) < 4.78 is 0. The molecule has 1 aliphatic heterocycles. The summed E-state index contributed by atoms with van der Waals surface area (Å²) in [5.41, 5.74) is 0. The van der Waals surface area contributed by atoms with Gasteiger partial charge in [0.2, 0.25) is 5.91 Å². The van der Waals surface area contributed by atoms with Crippen LogP contribution in [0.5, 0.6) is 0 Å². The van der Waals surface area contributed by atoms with Gasteiger partial charge in [0.05, 0.1) is 6.10 Å². The Labute approximate surface area is 92.5 Å². The summed E-state index contributed by atoms with van der Waals surface area (Å²) in [6.07, 6.45) is 2.10. The molecular weight excluding hydrogens is 190 g/mol. The minimum atomic E-state index is -0.308. The largest absolute Gasteiger partial charge is 0.393 e. The van der Waals surface area contributed by atoms with E-state index in [0.717, 1.165) is 13.0 Å². The Morgan fingerprint density at radius 2 is 2.13 bits per heavy atom. The Hall–Kier alpha value is -0.570. The lowest BCUT2D eigenvalue weighted by Crippen LogP contribution is -2.42. The van der Waals surface area contributed by atoms with Gasteiger partial charge in [0, 0.05) is 19.5 Å². The quantitative estimate of drug-likeness (QED) is 0.771. The number of amides is 1. The third kappa shape index (κ3) is 3.82. The molecule has 1 fully saturated rings. The molecule has 0 aromatic carbocycles. The number of carbonyl (C=O) groups is 1. The summed E-state index contributed by atoms with van der Waals surface area (Å²) >= 11 is 0. The second-order valence-electron chi connectivity index (χ2n) is 5.02. The van der Waals surface area contributed by atoms with E-state index in [1.165, 1.54) is 0 Å². The number of rotatable bonds is 4. The van der Waals surface area contributed by atoms with Gasteiger partial charge in [0.15, 0.2) is 0 Å². The Kier molecular flexibility index (Phi) is 4.58. The summed E-state index contributed by atoms with van der Waals surface area (Å²) in [6.45, 7) is 7.79. The molecule has 3 nitrogen and oxygen atoms in total. The number of likely N-dealkylation sites (tertiary alicyclic amines) is 1. The predicted molar refractivity (Wildman–Crippen MR) is 60.4 cm³/mol. The van der Waals surface area contributed by atoms with Gasteiger partial charge in [-0.3, -0.25) is 4.79 Å². The Balaban J connectivity index is 2.43. The van der Waals surface area contributed by atoms with Crippen molar-refractivity contribution < 1.29 is 9.90 Å². The van der Waals surface area contributed by atoms with Gasteiger partial charge in [-0.1, -0.05) is 13.8 Å². The van der Waals surface area contributed by atoms with E-state index in [1.54, 1.807) is 6.92 Å². The van der Waals surface area contributed by atoms with Crippen LogP contribution in [0, 0.1) is 11.8 Å². The first-order chi connectivity index (χ1) is 7.00. The topological polar surface area (TPSA) is 40.5 Å². The number of hydrogen-bond acceptors (Lipinski definition) is 2. The smallest absolute Gasteiger partial charge is 0.222 e. The zero-order valence-corrected chi connectivity index (χ0v) is 10.1. The van der Waals surface area contributed by atoms with Crippen LogP contribution in [-0.2, 0) is 4.79 Å². The second kappa shape index (κ2) is 5.50. The van der Waals surface area contributed by atoms with E-state index in [1.807, 2.05) is 4.90 Å². The zero-order valence-electron chi connectivity index (χ0n) is 10.1. The number of nitrogens with zero attached hydrogens (tertiary/aromatic N) is 1. The molecule has 0 aliphatic carbocycles. The molecule has 0 aromatic rings. The van der Waals surface area contributed by atoms with Crippen LogP contribution in [0.3, 0.4) is 0 Å². The lowest BCUT2D eigenvalue weighted by molar-refractivity contribution is -0.135. The summed E-state index contributed by atoms with van der Waals surface area (Å²) in [4.78, 5) is 13.5. The highest BCUT2D eigenvalue weighted by Gasteiger charge is 2.27. The maximum atomic E-state index is 11.6. The number of aliphatic hydroxyl groups excluding tert-OH is 1. The zero-order chi connectivity index (χ0) is 11.4. The third-order valence-electron chi connectivity index (χ3n) is 3.30. The van der Waals surface area contributed by atoms with E-state index in [0.29, 0.717) is 31.2 Å². The van der Waals surface area contributed by atoms with E-state index >= 15 is 0 Å². The molecule has 1 heterocycles. The van der Waals surface area contributed by atoms with E-state index in [-0.39, 0.29) is 12.0 Å². The molecule has 3 heteroatoms. The minimum absolute atomic E-state index is 0.257. The summed E-state index contributed by atoms with van der Waals surface area (Å²) in [5, 5.41) is 9.21. The Morgan fingerprint density at radius 3 is 2.67 bits per heavy atom. The van der Waals surface area contributed by atoms with Crippen LogP contribution in [-0.4, -0.2) is 35.1 Å². The van der Waals surface area contributed by atoms with Crippen LogP contribution in [0.1, 0.15) is 40.0 Å². The van der Waals surface area contributed by atoms with Gasteiger partial charge in [-0.15, -0.1) is 0 Å². The number of piperidine rings is 1. The summed E-state index contributed by atoms with van der Waals surface area (Å²) in [7, 11) is 0. The van der Waals surface area contributed by atoms with Crippen molar-refractivity contribution in [2.24, 2.45) is 11.8 Å². The molecule has 1 amide bonds. The average Bonchev–Trinajstić information content (AvgIpc) is 2.16. The molecule has 0 spiro atoms. The van der Waals surface area contributed by atoms with Crippen molar-refractivity contribution in [3.63, 3.8) is 0 Å². The average molecular weight is 213 g/mol. The molecule has 2 atom stereocenters. The first-order valence-corrected chi connectivity index (χ1v) is 5.96. The van der Waals surface area contributed by atoms with E-state index < -0.39 is 0 Å². The van der Waals surface area contributed by atoms with Gasteiger partial charge in [-0.2, -0.15) is 0 Å². The standard InChI is InChI=1S/C12H23NO2/c1-9(2)11-4-5-12(15)13(8-11)7-6-10(3)14/h9-11,14H,4-8H2,1-3H3. The third-order valence-corrected chi connectivity index (χ3v) is 3.30. The summed E-state index contributed by atoms with van der Waals surface area (Å²) in [6, 6.07) is 0. The lowest BCUT2D eigenvalue weighted by atomic mass is 9.87. The van der Waals surface area contributed by atoms with Gasteiger partial charge in [0.1, 0.15) is 0 Å². The highest BCUT2D eigenvalue weighted by molar-refractivity contribution is 5.76. The van der Waals surface area contributed by atoms with Crippen LogP contribution in [0.2, 0.25) is 0 Å². The van der Waals surface area contributed by atoms with Crippen LogP contribution in [0.25, 0.3) is 0 Å². The van der Waals surface area contributed by atoms with Crippen molar-refractivity contribution >= 4 is 5.91 Å². The number of carbonyl (C=O) groups excluding carboxylic acids is 1. The molecular formula is C12H23NO2. The fraction of sp³-hybridized carbons (Fsp3) is 0.917. The molecule has 1 aliphatic rings. The molecule has 88 valence electrons. The van der Waals surface area contributed by atoms with Gasteiger partial charge < -0.3 is 10.0 Å². The van der Waals surface area contributed by atoms with Crippen molar-refractivity contribution in [2.45, 2.75) is 46.1 Å². The van der Waals surface area contributed by atoms with Crippen molar-refractivity contribution in [1.82, 2.24) is 4.90 Å². The molecule has 1 saturated heterocycles. The van der Waals surface area contributed by atoms with Gasteiger partial charge in [-0.25, -0.2) is 0 Å². The lowest BCUT2D eigenvalue weighted by Gasteiger charge is -2.34. The van der Waals surface area contributed by atoms with Crippen LogP contribution in [0.4, 0.5) is 0 Å². The molecule has 0 saturated carbocycles. The highest BCUT2D eigenvalue weighted by atomic mass is 16.3. The van der Waals surface area contributed by atoms with Crippen molar-refractivity contribution in [3.8, 4) is 0 Å². The number of aliphatic hydroxyl groups is 1. The Bertz CT molecular complexity index is 214. The van der Waals surface area contributed by atoms with E-state index in [4.69, 9.17) is 0 Å². The normalized spacial score (nSPS) is 24.7. The molecule has 0 radical (unpaired) electrons. The fourth-order valence-electron chi connectivity index (χ4n) is 2.05. The monoisotopic (exact) mass is 213 g/mol. The predicted octanol–water partition coefficient (Wildman–Crippen LogP) is 1.65. The Morgan fingerprint density at radius 1 is 1.47 bits per heavy atom. The van der Waals surface area contributed by atoms with Crippen LogP contribution < -0.4 is 0 Å². The SMILES string of the molecule is CC(O)CCN1CC(C(C)C)CCC1=O. The van der Waals surface area contributed by atoms with Crippen molar-refractivity contribution in [1.29, 1.82) is 0 Å². The molecule has 0 aromatic heterocycles. The fourth-order valence-corrected chi connectivity index (χ4v) is 2.05. The maximum absolute atomic E-state index is 11.6. The van der Waals surface area contributed by atoms with Crippen LogP contribution in [0.15, 0.2) is 0 Å². The first-order valence-electron chi connectivity index (χ1n) is 5.96. The maximum Gasteiger partial charge on any atom is 0.222 e. The van der Waals surface area contributed by atoms with Gasteiger partial charge >= 0.3 is 0 Å². The summed E-state index contributed by atoms with van der Waals surface area (Å²) in [5.74, 6) is 1.54. The van der Waals surface area contributed by atoms with Crippen molar-refractivity contribution in [3.05, 3.63) is 0 Å². The molecule has 2 unspecified atom stereocenters. The molecule has 15 heavy (non-hydrogen) atoms. The van der Waals surface area contributed by atoms with Gasteiger partial charge in [-0.05, 0) is 31.6 Å². The van der Waals surface area contributed by atoms with Gasteiger partial charge in [0.25, 0.3) is 0 Å². The molecule has 1 N–H and O–H groups in total.